The molecule has 0 aliphatic heterocycles. The van der Waals surface area contributed by atoms with E-state index in [1.54, 1.807) is 11.5 Å². The molecule has 2 aromatic heterocycles. The second-order valence-electron chi connectivity index (χ2n) is 6.63. The van der Waals surface area contributed by atoms with Crippen LogP contribution in [0.3, 0.4) is 0 Å². The van der Waals surface area contributed by atoms with Gasteiger partial charge < -0.3 is 9.67 Å². The first-order valence-corrected chi connectivity index (χ1v) is 9.76. The molecule has 0 saturated carbocycles. The number of benzene rings is 1. The molecule has 3 rings (SSSR count). The van der Waals surface area contributed by atoms with Crippen LogP contribution in [-0.2, 0) is 19.1 Å². The minimum atomic E-state index is -4.61. The molecule has 0 saturated heterocycles. The van der Waals surface area contributed by atoms with Crippen molar-refractivity contribution in [3.8, 4) is 11.3 Å². The normalized spacial score (nSPS) is 11.5. The minimum absolute atomic E-state index is 0.0388. The number of aromatic nitrogens is 2. The van der Waals surface area contributed by atoms with Gasteiger partial charge in [-0.25, -0.2) is 4.79 Å². The molecule has 0 aliphatic carbocycles. The van der Waals surface area contributed by atoms with E-state index in [1.807, 2.05) is 0 Å². The number of rotatable bonds is 5. The summed E-state index contributed by atoms with van der Waals surface area (Å²) in [5.74, 6) is -1.43. The van der Waals surface area contributed by atoms with Crippen molar-refractivity contribution in [1.82, 2.24) is 9.55 Å². The number of carboxylic acid groups (broad SMARTS) is 1. The summed E-state index contributed by atoms with van der Waals surface area (Å²) in [7, 11) is 0. The van der Waals surface area contributed by atoms with Crippen LogP contribution in [0, 0.1) is 0 Å². The van der Waals surface area contributed by atoms with Crippen molar-refractivity contribution >= 4 is 29.2 Å². The molecule has 1 N–H and O–H groups in total. The fourth-order valence-corrected chi connectivity index (χ4v) is 3.60. The van der Waals surface area contributed by atoms with E-state index in [0.717, 1.165) is 18.3 Å². The number of carboxylic acids is 1. The molecule has 0 atom stereocenters. The quantitative estimate of drug-likeness (QED) is 0.530. The summed E-state index contributed by atoms with van der Waals surface area (Å²) in [6, 6.07) is 7.87. The Bertz CT molecular complexity index is 1220. The van der Waals surface area contributed by atoms with Gasteiger partial charge in [-0.1, -0.05) is 29.3 Å². The van der Waals surface area contributed by atoms with Gasteiger partial charge in [0.2, 0.25) is 0 Å². The lowest BCUT2D eigenvalue weighted by atomic mass is 10.0. The van der Waals surface area contributed by atoms with Gasteiger partial charge in [-0.3, -0.25) is 9.78 Å². The van der Waals surface area contributed by atoms with Gasteiger partial charge >= 0.3 is 12.1 Å². The highest BCUT2D eigenvalue weighted by Gasteiger charge is 2.32. The van der Waals surface area contributed by atoms with Crippen LogP contribution in [-0.4, -0.2) is 20.6 Å². The third-order valence-electron chi connectivity index (χ3n) is 4.62. The number of hydrogen-bond acceptors (Lipinski definition) is 3. The van der Waals surface area contributed by atoms with E-state index in [0.29, 0.717) is 11.3 Å². The largest absolute Gasteiger partial charge is 0.477 e. The van der Waals surface area contributed by atoms with Crippen LogP contribution in [0.15, 0.2) is 47.4 Å². The zero-order chi connectivity index (χ0) is 22.9. The smallest absolute Gasteiger partial charge is 0.433 e. The van der Waals surface area contributed by atoms with Gasteiger partial charge in [-0.05, 0) is 36.8 Å². The predicted molar refractivity (Wildman–Crippen MR) is 111 cm³/mol. The Kier molecular flexibility index (Phi) is 6.43. The average molecular weight is 471 g/mol. The number of carbonyl (C=O) groups is 1. The molecule has 0 amide bonds. The third-order valence-corrected chi connectivity index (χ3v) is 5.36. The molecule has 1 aromatic carbocycles. The zero-order valence-electron chi connectivity index (χ0n) is 16.0. The van der Waals surface area contributed by atoms with Gasteiger partial charge in [-0.2, -0.15) is 13.2 Å². The number of hydrogen-bond donors (Lipinski definition) is 1. The van der Waals surface area contributed by atoms with E-state index < -0.39 is 28.8 Å². The lowest BCUT2D eigenvalue weighted by Crippen LogP contribution is -2.23. The molecular weight excluding hydrogens is 456 g/mol. The zero-order valence-corrected chi connectivity index (χ0v) is 17.5. The van der Waals surface area contributed by atoms with E-state index in [2.05, 4.69) is 4.98 Å². The molecule has 0 unspecified atom stereocenters. The molecule has 162 valence electrons. The molecule has 0 radical (unpaired) electrons. The fraction of sp³-hybridized carbons (Fsp3) is 0.190. The number of alkyl halides is 3. The molecule has 10 heteroatoms. The summed E-state index contributed by atoms with van der Waals surface area (Å²) in [4.78, 5) is 27.9. The highest BCUT2D eigenvalue weighted by Crippen LogP contribution is 2.32. The maximum absolute atomic E-state index is 13.0. The average Bonchev–Trinajstić information content (AvgIpc) is 2.69. The Labute approximate surface area is 184 Å². The van der Waals surface area contributed by atoms with Crippen LogP contribution in [0.1, 0.15) is 34.2 Å². The molecule has 31 heavy (non-hydrogen) atoms. The van der Waals surface area contributed by atoms with Crippen molar-refractivity contribution < 1.29 is 23.1 Å². The predicted octanol–water partition coefficient (Wildman–Crippen LogP) is 5.54. The summed E-state index contributed by atoms with van der Waals surface area (Å²) in [5, 5.41) is 10.1. The molecule has 0 fully saturated rings. The molecule has 3 aromatic rings. The summed E-state index contributed by atoms with van der Waals surface area (Å²) in [6.45, 7) is 1.98. The molecular formula is C21H15Cl2F3N2O3. The summed E-state index contributed by atoms with van der Waals surface area (Å²) in [5.41, 5.74) is -1.22. The van der Waals surface area contributed by atoms with E-state index >= 15 is 0 Å². The molecule has 0 bridgehead atoms. The Morgan fingerprint density at radius 2 is 1.84 bits per heavy atom. The van der Waals surface area contributed by atoms with Crippen molar-refractivity contribution in [3.05, 3.63) is 85.4 Å². The monoisotopic (exact) mass is 470 g/mol. The SMILES string of the molecule is CCn1c(Cc2ccnc(C(F)(F)F)c2)cc(=O)c(C(=O)O)c1-c1ccc(Cl)c(Cl)c1. The molecule has 0 aliphatic rings. The highest BCUT2D eigenvalue weighted by atomic mass is 35.5. The number of nitrogens with zero attached hydrogens (tertiary/aromatic N) is 2. The van der Waals surface area contributed by atoms with Crippen molar-refractivity contribution in [3.63, 3.8) is 0 Å². The van der Waals surface area contributed by atoms with E-state index in [-0.39, 0.29) is 34.3 Å². The molecule has 2 heterocycles. The Balaban J connectivity index is 2.24. The fourth-order valence-electron chi connectivity index (χ4n) is 3.30. The van der Waals surface area contributed by atoms with Crippen LogP contribution in [0.25, 0.3) is 11.3 Å². The van der Waals surface area contributed by atoms with Crippen LogP contribution >= 0.6 is 23.2 Å². The van der Waals surface area contributed by atoms with Crippen LogP contribution in [0.5, 0.6) is 0 Å². The van der Waals surface area contributed by atoms with Crippen LogP contribution in [0.2, 0.25) is 10.0 Å². The van der Waals surface area contributed by atoms with Gasteiger partial charge in [0.15, 0.2) is 5.43 Å². The van der Waals surface area contributed by atoms with E-state index in [4.69, 9.17) is 23.2 Å². The first-order chi connectivity index (χ1) is 14.5. The lowest BCUT2D eigenvalue weighted by molar-refractivity contribution is -0.141. The van der Waals surface area contributed by atoms with Crippen molar-refractivity contribution in [2.45, 2.75) is 26.1 Å². The van der Waals surface area contributed by atoms with Gasteiger partial charge in [0.25, 0.3) is 0 Å². The van der Waals surface area contributed by atoms with Gasteiger partial charge in [0.05, 0.1) is 15.7 Å². The number of pyridine rings is 2. The van der Waals surface area contributed by atoms with Crippen molar-refractivity contribution in [1.29, 1.82) is 0 Å². The second-order valence-corrected chi connectivity index (χ2v) is 7.44. The molecule has 5 nitrogen and oxygen atoms in total. The van der Waals surface area contributed by atoms with Crippen molar-refractivity contribution in [2.24, 2.45) is 0 Å². The topological polar surface area (TPSA) is 72.2 Å². The Morgan fingerprint density at radius 1 is 1.13 bits per heavy atom. The third kappa shape index (κ3) is 4.75. The highest BCUT2D eigenvalue weighted by molar-refractivity contribution is 6.42. The van der Waals surface area contributed by atoms with E-state index in [1.165, 1.54) is 24.3 Å². The Hall–Kier alpha value is -2.84. The van der Waals surface area contributed by atoms with Gasteiger partial charge in [0.1, 0.15) is 11.3 Å². The maximum atomic E-state index is 13.0. The van der Waals surface area contributed by atoms with Crippen LogP contribution < -0.4 is 5.43 Å². The van der Waals surface area contributed by atoms with E-state index in [9.17, 15) is 27.9 Å². The van der Waals surface area contributed by atoms with Gasteiger partial charge in [0, 0.05) is 36.5 Å². The van der Waals surface area contributed by atoms with Crippen LogP contribution in [0.4, 0.5) is 13.2 Å². The maximum Gasteiger partial charge on any atom is 0.433 e. The second kappa shape index (κ2) is 8.72. The summed E-state index contributed by atoms with van der Waals surface area (Å²) in [6.07, 6.45) is -3.61. The molecule has 0 spiro atoms. The standard InChI is InChI=1S/C21H15Cl2F3N2O3/c1-2-28-13(7-11-5-6-27-17(8-11)21(24,25)26)10-16(29)18(20(30)31)19(28)12-3-4-14(22)15(23)9-12/h3-6,8-10H,2,7H2,1H3,(H,30,31). The van der Waals surface area contributed by atoms with Crippen molar-refractivity contribution in [2.75, 3.05) is 0 Å². The summed E-state index contributed by atoms with van der Waals surface area (Å²) >= 11 is 12.0. The Morgan fingerprint density at radius 3 is 2.42 bits per heavy atom. The number of halogens is 5. The summed E-state index contributed by atoms with van der Waals surface area (Å²) < 4.78 is 40.6. The first-order valence-electron chi connectivity index (χ1n) is 9.00. The minimum Gasteiger partial charge on any atom is -0.477 e. The van der Waals surface area contributed by atoms with Gasteiger partial charge in [-0.15, -0.1) is 0 Å². The number of aromatic carboxylic acids is 1. The first kappa shape index (κ1) is 22.8. The lowest BCUT2D eigenvalue weighted by Gasteiger charge is -2.20.